The summed E-state index contributed by atoms with van der Waals surface area (Å²) in [7, 11) is 0. The van der Waals surface area contributed by atoms with Crippen molar-refractivity contribution < 1.29 is 4.79 Å². The van der Waals surface area contributed by atoms with Crippen molar-refractivity contribution in [1.29, 1.82) is 0 Å². The molecule has 2 heterocycles. The van der Waals surface area contributed by atoms with Crippen molar-refractivity contribution in [3.8, 4) is 0 Å². The predicted molar refractivity (Wildman–Crippen MR) is 66.6 cm³/mol. The molecule has 0 atom stereocenters. The van der Waals surface area contributed by atoms with E-state index < -0.39 is 0 Å². The summed E-state index contributed by atoms with van der Waals surface area (Å²) in [6.45, 7) is 0.814. The van der Waals surface area contributed by atoms with Crippen LogP contribution in [0.5, 0.6) is 0 Å². The topological polar surface area (TPSA) is 102 Å². The molecule has 0 aliphatic rings. The zero-order valence-corrected chi connectivity index (χ0v) is 9.97. The average Bonchev–Trinajstić information content (AvgIpc) is 2.96. The molecule has 0 radical (unpaired) electrons. The van der Waals surface area contributed by atoms with E-state index in [1.165, 1.54) is 4.68 Å². The highest BCUT2D eigenvalue weighted by Gasteiger charge is 2.03. The Kier molecular flexibility index (Phi) is 3.95. The summed E-state index contributed by atoms with van der Waals surface area (Å²) in [5, 5.41) is 6.76. The van der Waals surface area contributed by atoms with Crippen molar-refractivity contribution >= 4 is 11.7 Å². The van der Waals surface area contributed by atoms with Crippen LogP contribution in [0.15, 0.2) is 24.7 Å². The molecule has 0 unspecified atom stereocenters. The summed E-state index contributed by atoms with van der Waals surface area (Å²) in [6.07, 6.45) is 6.85. The van der Waals surface area contributed by atoms with Crippen LogP contribution in [-0.2, 0) is 17.8 Å². The molecule has 18 heavy (non-hydrogen) atoms. The minimum Gasteiger partial charge on any atom is -0.382 e. The number of hydrogen-bond donors (Lipinski definition) is 3. The number of carbonyl (C=O) groups excluding carboxylic acids is 1. The third-order valence-electron chi connectivity index (χ3n) is 2.43. The molecule has 0 spiro atoms. The maximum atomic E-state index is 11.5. The number of hydrogen-bond acceptors (Lipinski definition) is 4. The minimum absolute atomic E-state index is 0.0717. The highest BCUT2D eigenvalue weighted by molar-refractivity contribution is 5.75. The first kappa shape index (κ1) is 12.2. The number of nitrogens with zero attached hydrogens (tertiary/aromatic N) is 3. The molecule has 0 saturated carbocycles. The molecule has 7 nitrogen and oxygen atoms in total. The second-order valence-electron chi connectivity index (χ2n) is 3.93. The Bertz CT molecular complexity index is 489. The van der Waals surface area contributed by atoms with Gasteiger partial charge >= 0.3 is 0 Å². The van der Waals surface area contributed by atoms with E-state index in [1.54, 1.807) is 24.7 Å². The summed E-state index contributed by atoms with van der Waals surface area (Å²) >= 11 is 0. The Balaban J connectivity index is 1.63. The zero-order valence-electron chi connectivity index (χ0n) is 9.97. The first-order valence-electron chi connectivity index (χ1n) is 5.78. The van der Waals surface area contributed by atoms with Crippen LogP contribution in [-0.4, -0.2) is 32.2 Å². The fourth-order valence-corrected chi connectivity index (χ4v) is 1.59. The van der Waals surface area contributed by atoms with Crippen molar-refractivity contribution in [1.82, 2.24) is 25.1 Å². The molecule has 0 saturated heterocycles. The smallest absolute Gasteiger partial charge is 0.241 e. The van der Waals surface area contributed by atoms with E-state index in [-0.39, 0.29) is 12.5 Å². The molecule has 4 N–H and O–H groups in total. The van der Waals surface area contributed by atoms with Gasteiger partial charge in [0, 0.05) is 31.6 Å². The number of nitrogens with two attached hydrogens (primary N) is 1. The van der Waals surface area contributed by atoms with E-state index in [1.807, 2.05) is 0 Å². The van der Waals surface area contributed by atoms with Crippen LogP contribution in [0, 0.1) is 0 Å². The second kappa shape index (κ2) is 5.85. The molecule has 2 aromatic rings. The van der Waals surface area contributed by atoms with E-state index >= 15 is 0 Å². The normalized spacial score (nSPS) is 10.4. The maximum Gasteiger partial charge on any atom is 0.241 e. The van der Waals surface area contributed by atoms with E-state index in [0.717, 1.165) is 18.7 Å². The van der Waals surface area contributed by atoms with Gasteiger partial charge in [-0.1, -0.05) is 0 Å². The fourth-order valence-electron chi connectivity index (χ4n) is 1.59. The molecular weight excluding hydrogens is 232 g/mol. The predicted octanol–water partition coefficient (Wildman–Crippen LogP) is -0.0626. The lowest BCUT2D eigenvalue weighted by molar-refractivity contribution is -0.121. The average molecular weight is 248 g/mol. The summed E-state index contributed by atoms with van der Waals surface area (Å²) in [5.74, 6) is 1.28. The lowest BCUT2D eigenvalue weighted by atomic mass is 10.3. The summed E-state index contributed by atoms with van der Waals surface area (Å²) in [4.78, 5) is 18.7. The van der Waals surface area contributed by atoms with Crippen LogP contribution < -0.4 is 11.1 Å². The van der Waals surface area contributed by atoms with Crippen LogP contribution in [0.3, 0.4) is 0 Å². The summed E-state index contributed by atoms with van der Waals surface area (Å²) in [6, 6.07) is 1.66. The molecule has 0 aromatic carbocycles. The molecule has 0 aliphatic carbocycles. The van der Waals surface area contributed by atoms with Crippen LogP contribution >= 0.6 is 0 Å². The molecule has 0 aliphatic heterocycles. The van der Waals surface area contributed by atoms with E-state index in [0.29, 0.717) is 12.4 Å². The lowest BCUT2D eigenvalue weighted by Crippen LogP contribution is -2.28. The first-order chi connectivity index (χ1) is 8.74. The quantitative estimate of drug-likeness (QED) is 0.623. The van der Waals surface area contributed by atoms with E-state index in [9.17, 15) is 4.79 Å². The number of H-pyrrole nitrogens is 1. The minimum atomic E-state index is -0.0717. The second-order valence-corrected chi connectivity index (χ2v) is 3.93. The molecule has 7 heteroatoms. The Morgan fingerprint density at radius 3 is 3.11 bits per heavy atom. The summed E-state index contributed by atoms with van der Waals surface area (Å²) < 4.78 is 1.51. The van der Waals surface area contributed by atoms with Crippen molar-refractivity contribution in [3.63, 3.8) is 0 Å². The molecular formula is C11H16N6O. The Morgan fingerprint density at radius 2 is 2.44 bits per heavy atom. The molecule has 2 aromatic heterocycles. The molecule has 2 rings (SSSR count). The molecule has 96 valence electrons. The number of amides is 1. The van der Waals surface area contributed by atoms with Gasteiger partial charge in [-0.25, -0.2) is 4.98 Å². The number of aromatic nitrogens is 4. The molecule has 0 fully saturated rings. The van der Waals surface area contributed by atoms with Gasteiger partial charge in [-0.2, -0.15) is 5.10 Å². The van der Waals surface area contributed by atoms with Gasteiger partial charge < -0.3 is 16.0 Å². The monoisotopic (exact) mass is 248 g/mol. The van der Waals surface area contributed by atoms with Gasteiger partial charge in [-0.15, -0.1) is 0 Å². The Hall–Kier alpha value is -2.31. The highest BCUT2D eigenvalue weighted by atomic mass is 16.2. The van der Waals surface area contributed by atoms with Gasteiger partial charge in [0.2, 0.25) is 5.91 Å². The van der Waals surface area contributed by atoms with Crippen molar-refractivity contribution in [3.05, 3.63) is 30.5 Å². The fraction of sp³-hybridized carbons (Fsp3) is 0.364. The van der Waals surface area contributed by atoms with E-state index in [2.05, 4.69) is 20.4 Å². The van der Waals surface area contributed by atoms with Gasteiger partial charge in [0.1, 0.15) is 18.2 Å². The standard InChI is InChI=1S/C11H16N6O/c12-9-3-7-17(16-9)8-11(18)15-4-1-2-10-13-5-6-14-10/h3,5-7H,1-2,4,8H2,(H2,12,16)(H,13,14)(H,15,18). The van der Waals surface area contributed by atoms with Gasteiger partial charge in [0.25, 0.3) is 0 Å². The third kappa shape index (κ3) is 3.62. The third-order valence-corrected chi connectivity index (χ3v) is 2.43. The van der Waals surface area contributed by atoms with Gasteiger partial charge in [0.15, 0.2) is 0 Å². The zero-order chi connectivity index (χ0) is 12.8. The summed E-state index contributed by atoms with van der Waals surface area (Å²) in [5.41, 5.74) is 5.46. The number of nitrogens with one attached hydrogen (secondary N) is 2. The number of rotatable bonds is 6. The van der Waals surface area contributed by atoms with Crippen LogP contribution in [0.25, 0.3) is 0 Å². The number of carbonyl (C=O) groups is 1. The Labute approximate surface area is 104 Å². The van der Waals surface area contributed by atoms with Crippen molar-refractivity contribution in [2.45, 2.75) is 19.4 Å². The number of aromatic amines is 1. The van der Waals surface area contributed by atoms with Crippen LogP contribution in [0.1, 0.15) is 12.2 Å². The van der Waals surface area contributed by atoms with Crippen LogP contribution in [0.2, 0.25) is 0 Å². The number of nitrogen functional groups attached to an aromatic ring is 1. The molecule has 1 amide bonds. The van der Waals surface area contributed by atoms with Crippen LogP contribution in [0.4, 0.5) is 5.82 Å². The maximum absolute atomic E-state index is 11.5. The molecule has 0 bridgehead atoms. The van der Waals surface area contributed by atoms with Crippen molar-refractivity contribution in [2.75, 3.05) is 12.3 Å². The number of anilines is 1. The Morgan fingerprint density at radius 1 is 1.56 bits per heavy atom. The highest BCUT2D eigenvalue weighted by Crippen LogP contribution is 1.96. The largest absolute Gasteiger partial charge is 0.382 e. The lowest BCUT2D eigenvalue weighted by Gasteiger charge is -2.04. The van der Waals surface area contributed by atoms with Gasteiger partial charge in [-0.3, -0.25) is 9.48 Å². The van der Waals surface area contributed by atoms with Gasteiger partial charge in [-0.05, 0) is 12.5 Å². The van der Waals surface area contributed by atoms with Crippen molar-refractivity contribution in [2.24, 2.45) is 0 Å². The SMILES string of the molecule is Nc1ccn(CC(=O)NCCCc2ncc[nH]2)n1. The first-order valence-corrected chi connectivity index (χ1v) is 5.78. The van der Waals surface area contributed by atoms with Gasteiger partial charge in [0.05, 0.1) is 0 Å². The van der Waals surface area contributed by atoms with E-state index in [4.69, 9.17) is 5.73 Å². The number of imidazole rings is 1. The number of aryl methyl sites for hydroxylation is 1.